The Kier molecular flexibility index (Phi) is 4.15. The van der Waals surface area contributed by atoms with Gasteiger partial charge in [0, 0.05) is 24.8 Å². The predicted octanol–water partition coefficient (Wildman–Crippen LogP) is 1.08. The fourth-order valence-corrected chi connectivity index (χ4v) is 2.05. The molecule has 2 rings (SSSR count). The van der Waals surface area contributed by atoms with Gasteiger partial charge in [0.25, 0.3) is 5.91 Å². The zero-order valence-electron chi connectivity index (χ0n) is 10.5. The van der Waals surface area contributed by atoms with Crippen molar-refractivity contribution in [1.82, 2.24) is 9.88 Å². The second-order valence-electron chi connectivity index (χ2n) is 4.40. The Hall–Kier alpha value is -1.62. The highest BCUT2D eigenvalue weighted by molar-refractivity contribution is 5.94. The van der Waals surface area contributed by atoms with E-state index in [0.717, 1.165) is 19.3 Å². The first kappa shape index (κ1) is 12.8. The topological polar surface area (TPSA) is 62.7 Å². The molecule has 1 saturated carbocycles. The fourth-order valence-electron chi connectivity index (χ4n) is 2.05. The van der Waals surface area contributed by atoms with Crippen LogP contribution in [-0.2, 0) is 0 Å². The number of aliphatic hydroxyl groups is 1. The molecule has 98 valence electrons. The van der Waals surface area contributed by atoms with E-state index in [2.05, 4.69) is 4.98 Å². The Morgan fingerprint density at radius 1 is 1.56 bits per heavy atom. The van der Waals surface area contributed by atoms with E-state index >= 15 is 0 Å². The number of amides is 1. The molecule has 0 radical (unpaired) electrons. The molecule has 0 aromatic carbocycles. The van der Waals surface area contributed by atoms with Gasteiger partial charge in [-0.15, -0.1) is 0 Å². The lowest BCUT2D eigenvalue weighted by Gasteiger charge is -2.37. The van der Waals surface area contributed by atoms with Gasteiger partial charge in [-0.2, -0.15) is 0 Å². The van der Waals surface area contributed by atoms with Crippen molar-refractivity contribution in [3.8, 4) is 5.88 Å². The molecule has 1 N–H and O–H groups in total. The number of hydrogen-bond acceptors (Lipinski definition) is 4. The minimum absolute atomic E-state index is 0.00811. The molecule has 1 aliphatic carbocycles. The van der Waals surface area contributed by atoms with Gasteiger partial charge < -0.3 is 14.7 Å². The van der Waals surface area contributed by atoms with Gasteiger partial charge >= 0.3 is 0 Å². The lowest BCUT2D eigenvalue weighted by molar-refractivity contribution is 0.0525. The highest BCUT2D eigenvalue weighted by Crippen LogP contribution is 2.26. The van der Waals surface area contributed by atoms with Crippen LogP contribution in [0.2, 0.25) is 0 Å². The molecule has 1 fully saturated rings. The van der Waals surface area contributed by atoms with E-state index in [9.17, 15) is 4.79 Å². The maximum Gasteiger partial charge on any atom is 0.255 e. The molecule has 0 bridgehead atoms. The van der Waals surface area contributed by atoms with Crippen molar-refractivity contribution < 1.29 is 14.6 Å². The monoisotopic (exact) mass is 250 g/mol. The van der Waals surface area contributed by atoms with Crippen molar-refractivity contribution in [3.05, 3.63) is 23.9 Å². The molecule has 0 saturated heterocycles. The molecule has 1 aromatic heterocycles. The number of hydrogen-bond donors (Lipinski definition) is 1. The summed E-state index contributed by atoms with van der Waals surface area (Å²) in [6, 6.07) is 3.65. The van der Waals surface area contributed by atoms with Gasteiger partial charge in [-0.3, -0.25) is 4.79 Å². The molecule has 1 aromatic rings. The van der Waals surface area contributed by atoms with Crippen molar-refractivity contribution in [1.29, 1.82) is 0 Å². The number of nitrogens with zero attached hydrogens (tertiary/aromatic N) is 2. The Balaban J connectivity index is 2.10. The number of aromatic nitrogens is 1. The Morgan fingerprint density at radius 3 is 2.78 bits per heavy atom. The molecule has 18 heavy (non-hydrogen) atoms. The van der Waals surface area contributed by atoms with E-state index in [1.54, 1.807) is 17.0 Å². The van der Waals surface area contributed by atoms with Crippen LogP contribution in [0.25, 0.3) is 0 Å². The lowest BCUT2D eigenvalue weighted by atomic mass is 9.91. The molecule has 0 spiro atoms. The van der Waals surface area contributed by atoms with E-state index < -0.39 is 0 Å². The minimum atomic E-state index is -0.0658. The van der Waals surface area contributed by atoms with E-state index in [-0.39, 0.29) is 18.6 Å². The van der Waals surface area contributed by atoms with Crippen LogP contribution in [0.5, 0.6) is 5.88 Å². The number of rotatable bonds is 5. The first-order valence-corrected chi connectivity index (χ1v) is 6.18. The summed E-state index contributed by atoms with van der Waals surface area (Å²) in [6.07, 6.45) is 4.72. The van der Waals surface area contributed by atoms with Crippen molar-refractivity contribution in [2.75, 3.05) is 20.3 Å². The van der Waals surface area contributed by atoms with Crippen LogP contribution in [0.3, 0.4) is 0 Å². The van der Waals surface area contributed by atoms with E-state index in [0.29, 0.717) is 18.0 Å². The highest BCUT2D eigenvalue weighted by atomic mass is 16.5. The molecular formula is C13H18N2O3. The summed E-state index contributed by atoms with van der Waals surface area (Å²) in [6.45, 7) is 0.376. The first-order valence-electron chi connectivity index (χ1n) is 6.18. The van der Waals surface area contributed by atoms with E-state index in [1.807, 2.05) is 0 Å². The minimum Gasteiger partial charge on any atom is -0.481 e. The molecule has 1 amide bonds. The summed E-state index contributed by atoms with van der Waals surface area (Å²) in [4.78, 5) is 18.1. The zero-order chi connectivity index (χ0) is 13.0. The van der Waals surface area contributed by atoms with Crippen molar-refractivity contribution in [3.63, 3.8) is 0 Å². The average molecular weight is 250 g/mol. The van der Waals surface area contributed by atoms with Gasteiger partial charge in [-0.1, -0.05) is 0 Å². The smallest absolute Gasteiger partial charge is 0.255 e. The van der Waals surface area contributed by atoms with Gasteiger partial charge in [-0.25, -0.2) is 4.98 Å². The number of aliphatic hydroxyl groups excluding tert-OH is 1. The molecular weight excluding hydrogens is 232 g/mol. The highest BCUT2D eigenvalue weighted by Gasteiger charge is 2.29. The van der Waals surface area contributed by atoms with Crippen LogP contribution >= 0.6 is 0 Å². The number of ether oxygens (including phenoxy) is 1. The standard InChI is InChI=1S/C13H18N2O3/c1-18-12-6-5-10(9-14-12)13(17)15(7-8-16)11-3-2-4-11/h5-6,9,11,16H,2-4,7-8H2,1H3. The van der Waals surface area contributed by atoms with Crippen LogP contribution in [0.4, 0.5) is 0 Å². The van der Waals surface area contributed by atoms with E-state index in [1.165, 1.54) is 13.3 Å². The van der Waals surface area contributed by atoms with Gasteiger partial charge in [0.15, 0.2) is 0 Å². The van der Waals surface area contributed by atoms with E-state index in [4.69, 9.17) is 9.84 Å². The molecule has 1 heterocycles. The summed E-state index contributed by atoms with van der Waals surface area (Å²) in [5.41, 5.74) is 0.538. The summed E-state index contributed by atoms with van der Waals surface area (Å²) in [5.74, 6) is 0.424. The maximum atomic E-state index is 12.3. The zero-order valence-corrected chi connectivity index (χ0v) is 10.5. The number of pyridine rings is 1. The van der Waals surface area contributed by atoms with Crippen LogP contribution in [0.1, 0.15) is 29.6 Å². The molecule has 0 unspecified atom stereocenters. The second kappa shape index (κ2) is 5.82. The first-order chi connectivity index (χ1) is 8.76. The quantitative estimate of drug-likeness (QED) is 0.849. The summed E-state index contributed by atoms with van der Waals surface area (Å²) in [7, 11) is 1.54. The van der Waals surface area contributed by atoms with Crippen LogP contribution in [0.15, 0.2) is 18.3 Å². The summed E-state index contributed by atoms with van der Waals surface area (Å²) >= 11 is 0. The maximum absolute atomic E-state index is 12.3. The SMILES string of the molecule is COc1ccc(C(=O)N(CCO)C2CCC2)cn1. The van der Waals surface area contributed by atoms with Crippen molar-refractivity contribution >= 4 is 5.91 Å². The number of methoxy groups -OCH3 is 1. The lowest BCUT2D eigenvalue weighted by Crippen LogP contribution is -2.45. The van der Waals surface area contributed by atoms with Crippen molar-refractivity contribution in [2.45, 2.75) is 25.3 Å². The molecule has 0 aliphatic heterocycles. The van der Waals surface area contributed by atoms with Gasteiger partial charge in [0.2, 0.25) is 5.88 Å². The fraction of sp³-hybridized carbons (Fsp3) is 0.538. The number of carbonyl (C=O) groups is 1. The van der Waals surface area contributed by atoms with Crippen LogP contribution in [-0.4, -0.2) is 47.2 Å². The molecule has 0 atom stereocenters. The summed E-state index contributed by atoms with van der Waals surface area (Å²) in [5, 5.41) is 9.05. The summed E-state index contributed by atoms with van der Waals surface area (Å²) < 4.78 is 4.96. The van der Waals surface area contributed by atoms with Crippen molar-refractivity contribution in [2.24, 2.45) is 0 Å². The third-order valence-electron chi connectivity index (χ3n) is 3.31. The largest absolute Gasteiger partial charge is 0.481 e. The van der Waals surface area contributed by atoms with Gasteiger partial charge in [0.05, 0.1) is 19.3 Å². The number of carbonyl (C=O) groups excluding carboxylic acids is 1. The average Bonchev–Trinajstić information content (AvgIpc) is 2.35. The molecule has 5 nitrogen and oxygen atoms in total. The Morgan fingerprint density at radius 2 is 2.33 bits per heavy atom. The second-order valence-corrected chi connectivity index (χ2v) is 4.40. The third kappa shape index (κ3) is 2.61. The van der Waals surface area contributed by atoms with Crippen LogP contribution < -0.4 is 4.74 Å². The molecule has 1 aliphatic rings. The van der Waals surface area contributed by atoms with Gasteiger partial charge in [-0.05, 0) is 25.3 Å². The Labute approximate surface area is 106 Å². The van der Waals surface area contributed by atoms with Gasteiger partial charge in [0.1, 0.15) is 0 Å². The third-order valence-corrected chi connectivity index (χ3v) is 3.31. The normalized spacial score (nSPS) is 15.0. The molecule has 5 heteroatoms. The predicted molar refractivity (Wildman–Crippen MR) is 66.6 cm³/mol. The van der Waals surface area contributed by atoms with Crippen LogP contribution in [0, 0.1) is 0 Å². The Bertz CT molecular complexity index is 401.